The minimum Gasteiger partial charge on any atom is -0.466 e. The molecule has 9 heteroatoms. The molecule has 176 valence electrons. The van der Waals surface area contributed by atoms with Crippen LogP contribution in [0.4, 0.5) is 15.9 Å². The fourth-order valence-corrected chi connectivity index (χ4v) is 4.79. The largest absolute Gasteiger partial charge is 0.466 e. The van der Waals surface area contributed by atoms with Crippen molar-refractivity contribution >= 4 is 29.2 Å². The van der Waals surface area contributed by atoms with E-state index in [4.69, 9.17) is 4.74 Å². The molecule has 1 unspecified atom stereocenters. The summed E-state index contributed by atoms with van der Waals surface area (Å²) < 4.78 is 19.0. The van der Waals surface area contributed by atoms with E-state index in [0.29, 0.717) is 39.1 Å². The molecule has 34 heavy (non-hydrogen) atoms. The average molecular weight is 481 g/mol. The molecule has 0 saturated carbocycles. The number of aromatic nitrogens is 2. The van der Waals surface area contributed by atoms with Gasteiger partial charge in [0.1, 0.15) is 11.6 Å². The fourth-order valence-electron chi connectivity index (χ4n) is 3.94. The molecule has 1 aliphatic heterocycles. The maximum atomic E-state index is 14.0. The third-order valence-corrected chi connectivity index (χ3v) is 6.61. The molecule has 1 aliphatic rings. The number of nitrogens with zero attached hydrogens (tertiary/aromatic N) is 2. The summed E-state index contributed by atoms with van der Waals surface area (Å²) in [6, 6.07) is 14.1. The number of carbonyl (C=O) groups is 1. The van der Waals surface area contributed by atoms with Crippen molar-refractivity contribution in [2.75, 3.05) is 31.4 Å². The number of esters is 1. The van der Waals surface area contributed by atoms with Gasteiger partial charge >= 0.3 is 5.97 Å². The molecule has 1 atom stereocenters. The van der Waals surface area contributed by atoms with Gasteiger partial charge in [0.05, 0.1) is 24.2 Å². The van der Waals surface area contributed by atoms with Crippen molar-refractivity contribution in [3.63, 3.8) is 0 Å². The van der Waals surface area contributed by atoms with Gasteiger partial charge in [-0.2, -0.15) is 0 Å². The number of fused-ring (bicyclic) bond motifs is 1. The number of carbonyl (C=O) groups excluding carboxylic acids is 1. The smallest absolute Gasteiger partial charge is 0.336 e. The average Bonchev–Trinajstić information content (AvgIpc) is 2.82. The zero-order valence-electron chi connectivity index (χ0n) is 19.3. The fraction of sp³-hybridized carbons (Fsp3) is 0.240. The van der Waals surface area contributed by atoms with Crippen molar-refractivity contribution in [1.82, 2.24) is 9.97 Å². The number of H-pyrrole nitrogens is 1. The highest BCUT2D eigenvalue weighted by Crippen LogP contribution is 2.40. The number of benzene rings is 2. The summed E-state index contributed by atoms with van der Waals surface area (Å²) in [6.07, 6.45) is 0. The number of ether oxygens (including phenoxy) is 1. The predicted octanol–water partition coefficient (Wildman–Crippen LogP) is 4.27. The molecule has 2 heterocycles. The van der Waals surface area contributed by atoms with Crippen LogP contribution in [0, 0.1) is 5.82 Å². The first-order chi connectivity index (χ1) is 16.3. The number of hydrogen-bond donors (Lipinski definition) is 2. The maximum absolute atomic E-state index is 14.0. The molecular weight excluding hydrogens is 455 g/mol. The predicted molar refractivity (Wildman–Crippen MR) is 132 cm³/mol. The molecule has 0 saturated heterocycles. The van der Waals surface area contributed by atoms with Crippen molar-refractivity contribution < 1.29 is 13.9 Å². The topological polar surface area (TPSA) is 87.3 Å². The van der Waals surface area contributed by atoms with E-state index in [2.05, 4.69) is 15.3 Å². The van der Waals surface area contributed by atoms with Gasteiger partial charge < -0.3 is 19.9 Å². The van der Waals surface area contributed by atoms with Crippen LogP contribution in [-0.2, 0) is 15.3 Å². The molecule has 0 aliphatic carbocycles. The standard InChI is InChI=1S/C25H25FN4O3S/c1-14-19(24(32)33-4)20(15-9-11-17(12-10-15)30(2)3)21-22(27-14)28-25(29-23(21)31)34-13-16-7-5-6-8-18(16)26/h5-12,20H,13H2,1-4H3,(H2,27,28,29,31). The first-order valence-corrected chi connectivity index (χ1v) is 11.6. The summed E-state index contributed by atoms with van der Waals surface area (Å²) in [6.45, 7) is 1.76. The SMILES string of the molecule is COC(=O)C1=C(C)Nc2nc(SCc3ccccc3F)[nH]c(=O)c2C1c1ccc(N(C)C)cc1. The molecule has 0 fully saturated rings. The molecule has 2 aromatic carbocycles. The zero-order chi connectivity index (χ0) is 24.4. The number of nitrogens with one attached hydrogen (secondary N) is 2. The highest BCUT2D eigenvalue weighted by molar-refractivity contribution is 7.98. The van der Waals surface area contributed by atoms with Crippen LogP contribution in [0.5, 0.6) is 0 Å². The third-order valence-electron chi connectivity index (χ3n) is 5.69. The van der Waals surface area contributed by atoms with E-state index in [1.807, 2.05) is 43.3 Å². The van der Waals surface area contributed by atoms with Crippen molar-refractivity contribution in [1.29, 1.82) is 0 Å². The molecule has 0 radical (unpaired) electrons. The Morgan fingerprint density at radius 2 is 1.88 bits per heavy atom. The second-order valence-corrected chi connectivity index (χ2v) is 9.05. The third kappa shape index (κ3) is 4.56. The molecule has 3 aromatic rings. The molecule has 0 spiro atoms. The van der Waals surface area contributed by atoms with Gasteiger partial charge in [0.2, 0.25) is 0 Å². The first kappa shape index (κ1) is 23.6. The molecule has 0 amide bonds. The summed E-state index contributed by atoms with van der Waals surface area (Å²) in [5.74, 6) is -0.800. The Balaban J connectivity index is 1.76. The summed E-state index contributed by atoms with van der Waals surface area (Å²) in [7, 11) is 5.19. The Labute approximate surface area is 201 Å². The summed E-state index contributed by atoms with van der Waals surface area (Å²) in [4.78, 5) is 35.3. The van der Waals surface area contributed by atoms with E-state index >= 15 is 0 Å². The lowest BCUT2D eigenvalue weighted by molar-refractivity contribution is -0.136. The van der Waals surface area contributed by atoms with E-state index < -0.39 is 11.9 Å². The van der Waals surface area contributed by atoms with Crippen LogP contribution in [0.15, 0.2) is 69.8 Å². The normalized spacial score (nSPS) is 14.9. The Hall–Kier alpha value is -3.59. The zero-order valence-corrected chi connectivity index (χ0v) is 20.1. The van der Waals surface area contributed by atoms with Gasteiger partial charge in [0, 0.05) is 31.2 Å². The van der Waals surface area contributed by atoms with Gasteiger partial charge in [-0.3, -0.25) is 4.79 Å². The minimum atomic E-state index is -0.651. The molecule has 7 nitrogen and oxygen atoms in total. The number of hydrogen-bond acceptors (Lipinski definition) is 7. The van der Waals surface area contributed by atoms with Crippen molar-refractivity contribution in [2.45, 2.75) is 23.8 Å². The van der Waals surface area contributed by atoms with Crippen LogP contribution >= 0.6 is 11.8 Å². The number of rotatable bonds is 6. The van der Waals surface area contributed by atoms with Crippen LogP contribution in [0.3, 0.4) is 0 Å². The van der Waals surface area contributed by atoms with Gasteiger partial charge in [-0.05, 0) is 36.2 Å². The second kappa shape index (κ2) is 9.72. The van der Waals surface area contributed by atoms with Crippen molar-refractivity contribution in [2.24, 2.45) is 0 Å². The monoisotopic (exact) mass is 480 g/mol. The highest BCUT2D eigenvalue weighted by atomic mass is 32.2. The van der Waals surface area contributed by atoms with Gasteiger partial charge in [0.15, 0.2) is 5.16 Å². The maximum Gasteiger partial charge on any atom is 0.336 e. The molecule has 4 rings (SSSR count). The lowest BCUT2D eigenvalue weighted by atomic mass is 9.82. The second-order valence-electron chi connectivity index (χ2n) is 8.09. The van der Waals surface area contributed by atoms with Gasteiger partial charge in [0.25, 0.3) is 5.56 Å². The molecular formula is C25H25FN4O3S. The van der Waals surface area contributed by atoms with Crippen LogP contribution in [0.25, 0.3) is 0 Å². The summed E-state index contributed by atoms with van der Waals surface area (Å²) in [5.41, 5.74) is 3.15. The summed E-state index contributed by atoms with van der Waals surface area (Å²) >= 11 is 1.23. The van der Waals surface area contributed by atoms with Gasteiger partial charge in [-0.1, -0.05) is 42.1 Å². The van der Waals surface area contributed by atoms with E-state index in [-0.39, 0.29) is 11.4 Å². The quantitative estimate of drug-likeness (QED) is 0.309. The number of halogens is 1. The van der Waals surface area contributed by atoms with Gasteiger partial charge in [-0.15, -0.1) is 0 Å². The van der Waals surface area contributed by atoms with Crippen LogP contribution < -0.4 is 15.8 Å². The van der Waals surface area contributed by atoms with Crippen LogP contribution in [0.2, 0.25) is 0 Å². The van der Waals surface area contributed by atoms with Crippen molar-refractivity contribution in [3.05, 3.63) is 92.7 Å². The minimum absolute atomic E-state index is 0.309. The number of thioether (sulfide) groups is 1. The van der Waals surface area contributed by atoms with Crippen LogP contribution in [-0.4, -0.2) is 37.1 Å². The highest BCUT2D eigenvalue weighted by Gasteiger charge is 2.36. The first-order valence-electron chi connectivity index (χ1n) is 10.6. The lowest BCUT2D eigenvalue weighted by Crippen LogP contribution is -2.31. The molecule has 0 bridgehead atoms. The number of methoxy groups -OCH3 is 1. The molecule has 1 aromatic heterocycles. The Bertz CT molecular complexity index is 1320. The van der Waals surface area contributed by atoms with Crippen LogP contribution in [0.1, 0.15) is 29.5 Å². The Kier molecular flexibility index (Phi) is 6.74. The number of anilines is 2. The van der Waals surface area contributed by atoms with E-state index in [1.54, 1.807) is 25.1 Å². The van der Waals surface area contributed by atoms with E-state index in [1.165, 1.54) is 24.9 Å². The Morgan fingerprint density at radius 3 is 2.53 bits per heavy atom. The summed E-state index contributed by atoms with van der Waals surface area (Å²) in [5, 5.41) is 3.45. The van der Waals surface area contributed by atoms with E-state index in [9.17, 15) is 14.0 Å². The van der Waals surface area contributed by atoms with Crippen molar-refractivity contribution in [3.8, 4) is 0 Å². The Morgan fingerprint density at radius 1 is 1.18 bits per heavy atom. The van der Waals surface area contributed by atoms with Gasteiger partial charge in [-0.25, -0.2) is 14.2 Å². The lowest BCUT2D eigenvalue weighted by Gasteiger charge is -2.29. The number of aromatic amines is 1. The molecule has 2 N–H and O–H groups in total. The number of allylic oxidation sites excluding steroid dienone is 1. The van der Waals surface area contributed by atoms with E-state index in [0.717, 1.165) is 11.3 Å².